The van der Waals surface area contributed by atoms with Gasteiger partial charge in [0.2, 0.25) is 0 Å². The summed E-state index contributed by atoms with van der Waals surface area (Å²) in [5.41, 5.74) is 7.38. The minimum atomic E-state index is -0.503. The number of aromatic nitrogens is 1. The molecule has 1 unspecified atom stereocenters. The molecule has 0 aliphatic heterocycles. The van der Waals surface area contributed by atoms with Crippen molar-refractivity contribution in [2.75, 3.05) is 13.1 Å². The number of rotatable bonds is 4. The Hall–Kier alpha value is -2.14. The van der Waals surface area contributed by atoms with Crippen molar-refractivity contribution in [3.8, 4) is 0 Å². The predicted octanol–water partition coefficient (Wildman–Crippen LogP) is 2.80. The van der Waals surface area contributed by atoms with Crippen molar-refractivity contribution >= 4 is 17.0 Å². The zero-order valence-corrected chi connectivity index (χ0v) is 13.3. The van der Waals surface area contributed by atoms with Gasteiger partial charge in [-0.2, -0.15) is 0 Å². The van der Waals surface area contributed by atoms with Crippen molar-refractivity contribution in [2.45, 2.75) is 32.3 Å². The third-order valence-electron chi connectivity index (χ3n) is 3.27. The average molecular weight is 301 g/mol. The van der Waals surface area contributed by atoms with Crippen molar-refractivity contribution in [3.05, 3.63) is 42.1 Å². The summed E-state index contributed by atoms with van der Waals surface area (Å²) in [6, 6.07) is 9.96. The first-order valence-electron chi connectivity index (χ1n) is 7.40. The third kappa shape index (κ3) is 4.43. The lowest BCUT2D eigenvalue weighted by Gasteiger charge is -2.21. The van der Waals surface area contributed by atoms with E-state index >= 15 is 0 Å². The largest absolute Gasteiger partial charge is 0.444 e. The molecule has 1 atom stereocenters. The standard InChI is InChI=1S/C17H23N3O2/c1-17(2,3)22-16(21)20-11-14(10-18)12-6-7-15-13(9-12)5-4-8-19-15/h4-9,14H,10-11,18H2,1-3H3,(H,20,21). The first-order valence-corrected chi connectivity index (χ1v) is 7.40. The van der Waals surface area contributed by atoms with Gasteiger partial charge >= 0.3 is 6.09 Å². The number of pyridine rings is 1. The second-order valence-electron chi connectivity index (χ2n) is 6.27. The number of nitrogens with one attached hydrogen (secondary N) is 1. The summed E-state index contributed by atoms with van der Waals surface area (Å²) in [5, 5.41) is 3.85. The molecule has 0 aliphatic carbocycles. The maximum atomic E-state index is 11.7. The fourth-order valence-electron chi connectivity index (χ4n) is 2.21. The molecule has 2 rings (SSSR count). The SMILES string of the molecule is CC(C)(C)OC(=O)NCC(CN)c1ccc2ncccc2c1. The highest BCUT2D eigenvalue weighted by Gasteiger charge is 2.18. The number of carbonyl (C=O) groups is 1. The molecule has 0 saturated heterocycles. The topological polar surface area (TPSA) is 77.2 Å². The minimum absolute atomic E-state index is 0.0390. The van der Waals surface area contributed by atoms with E-state index in [9.17, 15) is 4.79 Å². The number of hydrogen-bond donors (Lipinski definition) is 2. The summed E-state index contributed by atoms with van der Waals surface area (Å²) in [7, 11) is 0. The van der Waals surface area contributed by atoms with Crippen LogP contribution in [0.5, 0.6) is 0 Å². The van der Waals surface area contributed by atoms with Crippen LogP contribution in [-0.2, 0) is 4.74 Å². The van der Waals surface area contributed by atoms with E-state index in [1.807, 2.05) is 45.0 Å². The zero-order valence-electron chi connectivity index (χ0n) is 13.3. The lowest BCUT2D eigenvalue weighted by molar-refractivity contribution is 0.0525. The molecule has 1 heterocycles. The van der Waals surface area contributed by atoms with Crippen molar-refractivity contribution in [3.63, 3.8) is 0 Å². The number of benzene rings is 1. The van der Waals surface area contributed by atoms with Crippen LogP contribution in [-0.4, -0.2) is 29.8 Å². The van der Waals surface area contributed by atoms with Gasteiger partial charge in [-0.25, -0.2) is 4.79 Å². The van der Waals surface area contributed by atoms with Crippen molar-refractivity contribution < 1.29 is 9.53 Å². The van der Waals surface area contributed by atoms with E-state index in [1.54, 1.807) is 6.20 Å². The molecule has 3 N–H and O–H groups in total. The van der Waals surface area contributed by atoms with Crippen LogP contribution in [0.2, 0.25) is 0 Å². The summed E-state index contributed by atoms with van der Waals surface area (Å²) in [6.07, 6.45) is 1.35. The maximum absolute atomic E-state index is 11.7. The monoisotopic (exact) mass is 301 g/mol. The van der Waals surface area contributed by atoms with Gasteiger partial charge in [0, 0.05) is 30.6 Å². The Labute approximate surface area is 130 Å². The van der Waals surface area contributed by atoms with E-state index in [0.717, 1.165) is 16.5 Å². The lowest BCUT2D eigenvalue weighted by atomic mass is 9.97. The Balaban J connectivity index is 2.05. The second-order valence-corrected chi connectivity index (χ2v) is 6.27. The molecule has 118 valence electrons. The fraction of sp³-hybridized carbons (Fsp3) is 0.412. The van der Waals surface area contributed by atoms with Crippen LogP contribution in [0.15, 0.2) is 36.5 Å². The van der Waals surface area contributed by atoms with E-state index in [2.05, 4.69) is 16.4 Å². The Morgan fingerprint density at radius 2 is 2.14 bits per heavy atom. The Kier molecular flexibility index (Phi) is 4.98. The number of hydrogen-bond acceptors (Lipinski definition) is 4. The van der Waals surface area contributed by atoms with Crippen molar-refractivity contribution in [1.29, 1.82) is 0 Å². The van der Waals surface area contributed by atoms with E-state index < -0.39 is 11.7 Å². The molecular weight excluding hydrogens is 278 g/mol. The molecule has 0 aliphatic rings. The minimum Gasteiger partial charge on any atom is -0.444 e. The second kappa shape index (κ2) is 6.75. The smallest absolute Gasteiger partial charge is 0.407 e. The number of nitrogens with zero attached hydrogens (tertiary/aromatic N) is 1. The highest BCUT2D eigenvalue weighted by Crippen LogP contribution is 2.20. The van der Waals surface area contributed by atoms with Gasteiger partial charge in [-0.1, -0.05) is 12.1 Å². The molecule has 22 heavy (non-hydrogen) atoms. The highest BCUT2D eigenvalue weighted by atomic mass is 16.6. The Morgan fingerprint density at radius 1 is 1.36 bits per heavy atom. The molecule has 0 radical (unpaired) electrons. The van der Waals surface area contributed by atoms with Gasteiger partial charge in [0.1, 0.15) is 5.60 Å². The van der Waals surface area contributed by atoms with Gasteiger partial charge in [-0.3, -0.25) is 4.98 Å². The van der Waals surface area contributed by atoms with E-state index in [4.69, 9.17) is 10.5 Å². The number of carbonyl (C=O) groups excluding carboxylic acids is 1. The van der Waals surface area contributed by atoms with Gasteiger partial charge in [-0.05, 0) is 44.5 Å². The summed E-state index contributed by atoms with van der Waals surface area (Å²) in [4.78, 5) is 16.0. The summed E-state index contributed by atoms with van der Waals surface area (Å²) in [6.45, 7) is 6.40. The lowest BCUT2D eigenvalue weighted by Crippen LogP contribution is -2.36. The van der Waals surface area contributed by atoms with Crippen LogP contribution in [0.25, 0.3) is 10.9 Å². The molecular formula is C17H23N3O2. The average Bonchev–Trinajstić information content (AvgIpc) is 2.46. The van der Waals surface area contributed by atoms with Crippen LogP contribution >= 0.6 is 0 Å². The number of fused-ring (bicyclic) bond motifs is 1. The van der Waals surface area contributed by atoms with Gasteiger partial charge in [0.15, 0.2) is 0 Å². The van der Waals surface area contributed by atoms with Gasteiger partial charge in [0.25, 0.3) is 0 Å². The van der Waals surface area contributed by atoms with Gasteiger partial charge < -0.3 is 15.8 Å². The summed E-state index contributed by atoms with van der Waals surface area (Å²) in [5.74, 6) is 0.0390. The zero-order chi connectivity index (χ0) is 16.2. The number of nitrogens with two attached hydrogens (primary N) is 1. The number of amides is 1. The van der Waals surface area contributed by atoms with Crippen LogP contribution in [0.4, 0.5) is 4.79 Å². The van der Waals surface area contributed by atoms with E-state index in [-0.39, 0.29) is 5.92 Å². The van der Waals surface area contributed by atoms with Gasteiger partial charge in [0.05, 0.1) is 5.52 Å². The van der Waals surface area contributed by atoms with E-state index in [0.29, 0.717) is 13.1 Å². The van der Waals surface area contributed by atoms with Gasteiger partial charge in [-0.15, -0.1) is 0 Å². The number of alkyl carbamates (subject to hydrolysis) is 1. The first kappa shape index (κ1) is 16.2. The Bertz CT molecular complexity index is 650. The maximum Gasteiger partial charge on any atom is 0.407 e. The fourth-order valence-corrected chi connectivity index (χ4v) is 2.21. The molecule has 1 aromatic carbocycles. The summed E-state index contributed by atoms with van der Waals surface area (Å²) >= 11 is 0. The van der Waals surface area contributed by atoms with Crippen LogP contribution in [0.1, 0.15) is 32.3 Å². The molecule has 0 spiro atoms. The molecule has 2 aromatic rings. The molecule has 0 saturated carbocycles. The normalized spacial score (nSPS) is 12.9. The predicted molar refractivity (Wildman–Crippen MR) is 87.8 cm³/mol. The van der Waals surface area contributed by atoms with E-state index in [1.165, 1.54) is 0 Å². The molecule has 0 bridgehead atoms. The first-order chi connectivity index (χ1) is 10.4. The quantitative estimate of drug-likeness (QED) is 0.910. The molecule has 0 fully saturated rings. The van der Waals surface area contributed by atoms with Crippen LogP contribution in [0, 0.1) is 0 Å². The highest BCUT2D eigenvalue weighted by molar-refractivity contribution is 5.79. The van der Waals surface area contributed by atoms with Crippen LogP contribution < -0.4 is 11.1 Å². The van der Waals surface area contributed by atoms with Crippen molar-refractivity contribution in [2.24, 2.45) is 5.73 Å². The summed E-state index contributed by atoms with van der Waals surface area (Å²) < 4.78 is 5.24. The molecule has 1 amide bonds. The molecule has 5 nitrogen and oxygen atoms in total. The Morgan fingerprint density at radius 3 is 2.82 bits per heavy atom. The number of ether oxygens (including phenoxy) is 1. The van der Waals surface area contributed by atoms with Crippen LogP contribution in [0.3, 0.4) is 0 Å². The van der Waals surface area contributed by atoms with Crippen molar-refractivity contribution in [1.82, 2.24) is 10.3 Å². The molecule has 5 heteroatoms. The third-order valence-corrected chi connectivity index (χ3v) is 3.27. The molecule has 1 aromatic heterocycles.